The van der Waals surface area contributed by atoms with Crippen molar-refractivity contribution in [3.05, 3.63) is 24.0 Å². The average Bonchev–Trinajstić information content (AvgIpc) is 2.11. The molecular weight excluding hydrogens is 197 g/mol. The van der Waals surface area contributed by atoms with Gasteiger partial charge in [-0.25, -0.2) is 4.39 Å². The van der Waals surface area contributed by atoms with Crippen molar-refractivity contribution in [2.75, 3.05) is 11.1 Å². The number of rotatable bonds is 2. The summed E-state index contributed by atoms with van der Waals surface area (Å²) < 4.78 is 36.2. The molecule has 3 N–H and O–H groups in total. The summed E-state index contributed by atoms with van der Waals surface area (Å²) in [4.78, 5) is 10.5. The minimum atomic E-state index is -3.15. The first kappa shape index (κ1) is 10.4. The third-order valence-corrected chi connectivity index (χ3v) is 1.47. The van der Waals surface area contributed by atoms with E-state index in [4.69, 9.17) is 5.73 Å². The average molecular weight is 204 g/mol. The lowest BCUT2D eigenvalue weighted by molar-refractivity contribution is -0.126. The Morgan fingerprint density at radius 3 is 2.64 bits per heavy atom. The molecule has 0 unspecified atom stereocenters. The number of halogens is 3. The van der Waals surface area contributed by atoms with Gasteiger partial charge in [0.1, 0.15) is 5.82 Å². The Bertz CT molecular complexity index is 354. The third kappa shape index (κ3) is 2.38. The van der Waals surface area contributed by atoms with Gasteiger partial charge < -0.3 is 11.1 Å². The molecule has 0 fully saturated rings. The Kier molecular flexibility index (Phi) is 2.95. The molecule has 0 saturated heterocycles. The molecule has 1 aromatic carbocycles. The van der Waals surface area contributed by atoms with Crippen molar-refractivity contribution < 1.29 is 18.0 Å². The molecule has 0 aliphatic rings. The van der Waals surface area contributed by atoms with Crippen LogP contribution in [-0.2, 0) is 4.79 Å². The van der Waals surface area contributed by atoms with Crippen molar-refractivity contribution in [1.82, 2.24) is 0 Å². The SMILES string of the molecule is Nc1ccc(F)cc1NC(=O)C(F)F. The van der Waals surface area contributed by atoms with Crippen LogP contribution in [0, 0.1) is 5.82 Å². The Balaban J connectivity index is 2.86. The molecule has 6 heteroatoms. The number of amides is 1. The maximum Gasteiger partial charge on any atom is 0.315 e. The number of anilines is 2. The highest BCUT2D eigenvalue weighted by Crippen LogP contribution is 2.19. The standard InChI is InChI=1S/C8H7F3N2O/c9-4-1-2-5(12)6(3-4)13-8(14)7(10)11/h1-3,7H,12H2,(H,13,14). The van der Waals surface area contributed by atoms with Gasteiger partial charge in [-0.05, 0) is 18.2 Å². The van der Waals surface area contributed by atoms with Gasteiger partial charge in [-0.15, -0.1) is 0 Å². The number of hydrogen-bond acceptors (Lipinski definition) is 2. The van der Waals surface area contributed by atoms with E-state index in [2.05, 4.69) is 0 Å². The lowest BCUT2D eigenvalue weighted by atomic mass is 10.2. The molecule has 1 aromatic rings. The van der Waals surface area contributed by atoms with Crippen LogP contribution in [0.5, 0.6) is 0 Å². The highest BCUT2D eigenvalue weighted by atomic mass is 19.3. The van der Waals surface area contributed by atoms with Crippen LogP contribution in [0.1, 0.15) is 0 Å². The molecule has 0 aliphatic carbocycles. The van der Waals surface area contributed by atoms with Gasteiger partial charge in [0.25, 0.3) is 5.91 Å². The van der Waals surface area contributed by atoms with Crippen molar-refractivity contribution >= 4 is 17.3 Å². The van der Waals surface area contributed by atoms with E-state index in [1.54, 1.807) is 5.32 Å². The molecule has 0 aliphatic heterocycles. The monoisotopic (exact) mass is 204 g/mol. The Hall–Kier alpha value is -1.72. The van der Waals surface area contributed by atoms with E-state index >= 15 is 0 Å². The Morgan fingerprint density at radius 2 is 2.07 bits per heavy atom. The van der Waals surface area contributed by atoms with Gasteiger partial charge in [-0.3, -0.25) is 4.79 Å². The number of carbonyl (C=O) groups is 1. The normalized spacial score (nSPS) is 10.3. The molecule has 0 saturated carbocycles. The molecule has 0 atom stereocenters. The van der Waals surface area contributed by atoms with Crippen LogP contribution in [-0.4, -0.2) is 12.3 Å². The smallest absolute Gasteiger partial charge is 0.315 e. The third-order valence-electron chi connectivity index (χ3n) is 1.47. The van der Waals surface area contributed by atoms with Gasteiger partial charge in [0.2, 0.25) is 0 Å². The minimum absolute atomic E-state index is 0.0281. The van der Waals surface area contributed by atoms with E-state index < -0.39 is 18.1 Å². The molecular formula is C8H7F3N2O. The largest absolute Gasteiger partial charge is 0.397 e. The summed E-state index contributed by atoms with van der Waals surface area (Å²) in [6, 6.07) is 3.11. The number of benzene rings is 1. The number of nitrogens with two attached hydrogens (primary N) is 1. The van der Waals surface area contributed by atoms with Crippen LogP contribution in [0.15, 0.2) is 18.2 Å². The zero-order valence-corrected chi connectivity index (χ0v) is 6.93. The van der Waals surface area contributed by atoms with Crippen molar-refractivity contribution in [3.8, 4) is 0 Å². The van der Waals surface area contributed by atoms with E-state index in [-0.39, 0.29) is 11.4 Å². The fraction of sp³-hybridized carbons (Fsp3) is 0.125. The predicted octanol–water partition coefficient (Wildman–Crippen LogP) is 1.61. The minimum Gasteiger partial charge on any atom is -0.397 e. The quantitative estimate of drug-likeness (QED) is 0.719. The van der Waals surface area contributed by atoms with Crippen LogP contribution < -0.4 is 11.1 Å². The number of nitrogen functional groups attached to an aromatic ring is 1. The maximum absolute atomic E-state index is 12.6. The first-order chi connectivity index (χ1) is 6.50. The Labute approximate surface area is 77.7 Å². The predicted molar refractivity (Wildman–Crippen MR) is 45.4 cm³/mol. The lowest BCUT2D eigenvalue weighted by Gasteiger charge is -2.06. The summed E-state index contributed by atoms with van der Waals surface area (Å²) in [5.41, 5.74) is 5.18. The summed E-state index contributed by atoms with van der Waals surface area (Å²) in [6.45, 7) is 0. The zero-order chi connectivity index (χ0) is 10.7. The van der Waals surface area contributed by atoms with Crippen LogP contribution in [0.25, 0.3) is 0 Å². The second kappa shape index (κ2) is 3.99. The van der Waals surface area contributed by atoms with E-state index in [0.29, 0.717) is 0 Å². The lowest BCUT2D eigenvalue weighted by Crippen LogP contribution is -2.20. The van der Waals surface area contributed by atoms with Crippen LogP contribution in [0.3, 0.4) is 0 Å². The maximum atomic E-state index is 12.6. The number of hydrogen-bond donors (Lipinski definition) is 2. The van der Waals surface area contributed by atoms with Gasteiger partial charge in [0.05, 0.1) is 11.4 Å². The highest BCUT2D eigenvalue weighted by Gasteiger charge is 2.16. The van der Waals surface area contributed by atoms with Gasteiger partial charge in [-0.2, -0.15) is 8.78 Å². The first-order valence-electron chi connectivity index (χ1n) is 3.64. The second-order valence-electron chi connectivity index (χ2n) is 2.52. The van der Waals surface area contributed by atoms with Gasteiger partial charge >= 0.3 is 6.43 Å². The summed E-state index contributed by atoms with van der Waals surface area (Å²) in [6.07, 6.45) is -3.15. The summed E-state index contributed by atoms with van der Waals surface area (Å²) in [7, 11) is 0. The van der Waals surface area contributed by atoms with E-state index in [0.717, 1.165) is 12.1 Å². The molecule has 0 radical (unpaired) electrons. The molecule has 76 valence electrons. The topological polar surface area (TPSA) is 55.1 Å². The number of nitrogens with one attached hydrogen (secondary N) is 1. The van der Waals surface area contributed by atoms with Gasteiger partial charge in [0, 0.05) is 0 Å². The van der Waals surface area contributed by atoms with Gasteiger partial charge in [0.15, 0.2) is 0 Å². The molecule has 0 heterocycles. The first-order valence-corrected chi connectivity index (χ1v) is 3.64. The molecule has 14 heavy (non-hydrogen) atoms. The van der Waals surface area contributed by atoms with Gasteiger partial charge in [-0.1, -0.05) is 0 Å². The fourth-order valence-electron chi connectivity index (χ4n) is 0.824. The van der Waals surface area contributed by atoms with Crippen molar-refractivity contribution in [2.45, 2.75) is 6.43 Å². The van der Waals surface area contributed by atoms with Crippen molar-refractivity contribution in [3.63, 3.8) is 0 Å². The van der Waals surface area contributed by atoms with Crippen LogP contribution >= 0.6 is 0 Å². The highest BCUT2D eigenvalue weighted by molar-refractivity contribution is 5.95. The molecule has 3 nitrogen and oxygen atoms in total. The zero-order valence-electron chi connectivity index (χ0n) is 6.93. The van der Waals surface area contributed by atoms with Crippen molar-refractivity contribution in [1.29, 1.82) is 0 Å². The number of carbonyl (C=O) groups excluding carboxylic acids is 1. The summed E-state index contributed by atoms with van der Waals surface area (Å²) in [5.74, 6) is -2.17. The van der Waals surface area contributed by atoms with Crippen LogP contribution in [0.2, 0.25) is 0 Å². The summed E-state index contributed by atoms with van der Waals surface area (Å²) in [5, 5.41) is 1.80. The van der Waals surface area contributed by atoms with E-state index in [1.165, 1.54) is 6.07 Å². The molecule has 0 bridgehead atoms. The van der Waals surface area contributed by atoms with E-state index in [1.807, 2.05) is 0 Å². The fourth-order valence-corrected chi connectivity index (χ4v) is 0.824. The summed E-state index contributed by atoms with van der Waals surface area (Å²) >= 11 is 0. The van der Waals surface area contributed by atoms with E-state index in [9.17, 15) is 18.0 Å². The molecule has 1 amide bonds. The van der Waals surface area contributed by atoms with Crippen LogP contribution in [0.4, 0.5) is 24.5 Å². The van der Waals surface area contributed by atoms with Crippen molar-refractivity contribution in [2.24, 2.45) is 0 Å². The molecule has 1 rings (SSSR count). The second-order valence-corrected chi connectivity index (χ2v) is 2.52. The molecule has 0 aromatic heterocycles. The number of alkyl halides is 2. The molecule has 0 spiro atoms. The Morgan fingerprint density at radius 1 is 1.43 bits per heavy atom.